The van der Waals surface area contributed by atoms with E-state index in [1.165, 1.54) is 19.1 Å². The fraction of sp³-hybridized carbons (Fsp3) is 0.185. The first-order chi connectivity index (χ1) is 16.0. The van der Waals surface area contributed by atoms with Gasteiger partial charge in [0.15, 0.2) is 11.5 Å². The van der Waals surface area contributed by atoms with Crippen LogP contribution < -0.4 is 14.4 Å². The van der Waals surface area contributed by atoms with Crippen LogP contribution in [0.3, 0.4) is 0 Å². The van der Waals surface area contributed by atoms with Gasteiger partial charge in [-0.25, -0.2) is 0 Å². The number of benzene rings is 3. The number of rotatable bonds is 6. The Morgan fingerprint density at radius 1 is 0.909 bits per heavy atom. The van der Waals surface area contributed by atoms with Crippen molar-refractivity contribution < 1.29 is 24.2 Å². The molecule has 1 amide bonds. The van der Waals surface area contributed by atoms with Crippen molar-refractivity contribution in [2.75, 3.05) is 19.1 Å². The second-order valence-corrected chi connectivity index (χ2v) is 7.67. The van der Waals surface area contributed by atoms with Gasteiger partial charge in [-0.1, -0.05) is 49.4 Å². The monoisotopic (exact) mass is 443 g/mol. The highest BCUT2D eigenvalue weighted by Gasteiger charge is 2.46. The van der Waals surface area contributed by atoms with Crippen molar-refractivity contribution in [3.63, 3.8) is 0 Å². The molecule has 1 N–H and O–H groups in total. The van der Waals surface area contributed by atoms with Crippen LogP contribution in [0.15, 0.2) is 78.4 Å². The number of carbonyl (C=O) groups is 2. The number of amides is 1. The Morgan fingerprint density at radius 3 is 2.18 bits per heavy atom. The zero-order valence-corrected chi connectivity index (χ0v) is 18.7. The van der Waals surface area contributed by atoms with E-state index in [2.05, 4.69) is 6.92 Å². The molecule has 0 bridgehead atoms. The van der Waals surface area contributed by atoms with Crippen LogP contribution in [0.4, 0.5) is 5.69 Å². The maximum absolute atomic E-state index is 13.2. The summed E-state index contributed by atoms with van der Waals surface area (Å²) in [5.41, 5.74) is 2.83. The normalized spacial score (nSPS) is 17.3. The lowest BCUT2D eigenvalue weighted by Gasteiger charge is -2.25. The zero-order chi connectivity index (χ0) is 23.5. The number of ether oxygens (including phenoxy) is 2. The highest BCUT2D eigenvalue weighted by Crippen LogP contribution is 2.43. The first-order valence-corrected chi connectivity index (χ1v) is 10.7. The second kappa shape index (κ2) is 9.20. The molecule has 1 aliphatic rings. The summed E-state index contributed by atoms with van der Waals surface area (Å²) in [6.07, 6.45) is 0.866. The lowest BCUT2D eigenvalue weighted by atomic mass is 9.94. The van der Waals surface area contributed by atoms with Gasteiger partial charge in [-0.05, 0) is 47.9 Å². The molecule has 0 aromatic heterocycles. The molecule has 3 aromatic carbocycles. The summed E-state index contributed by atoms with van der Waals surface area (Å²) in [6.45, 7) is 2.06. The Kier molecular flexibility index (Phi) is 6.18. The average Bonchev–Trinajstić information content (AvgIpc) is 3.13. The van der Waals surface area contributed by atoms with Crippen LogP contribution >= 0.6 is 0 Å². The van der Waals surface area contributed by atoms with Crippen molar-refractivity contribution in [3.8, 4) is 11.5 Å². The summed E-state index contributed by atoms with van der Waals surface area (Å²) < 4.78 is 10.6. The first kappa shape index (κ1) is 22.1. The van der Waals surface area contributed by atoms with Gasteiger partial charge in [0.05, 0.1) is 25.8 Å². The van der Waals surface area contributed by atoms with Crippen LogP contribution in [0.2, 0.25) is 0 Å². The third-order valence-electron chi connectivity index (χ3n) is 5.84. The van der Waals surface area contributed by atoms with Crippen LogP contribution in [-0.2, 0) is 16.0 Å². The standard InChI is InChI=1S/C27H25NO5/c1-4-17-10-12-18(13-11-17)24-23(25(29)19-14-15-21(32-2)22(16-19)33-3)26(30)27(31)28(24)20-8-6-5-7-9-20/h5-16,24,29H,4H2,1-3H3/b25-23-. The van der Waals surface area contributed by atoms with Crippen molar-refractivity contribution >= 4 is 23.1 Å². The fourth-order valence-corrected chi connectivity index (χ4v) is 4.08. The number of Topliss-reactive ketones (excluding diaryl/α,β-unsaturated/α-hetero) is 1. The molecule has 1 atom stereocenters. The van der Waals surface area contributed by atoms with Gasteiger partial charge in [0.2, 0.25) is 0 Å². The largest absolute Gasteiger partial charge is 0.507 e. The van der Waals surface area contributed by atoms with E-state index in [-0.39, 0.29) is 11.3 Å². The number of ketones is 1. The van der Waals surface area contributed by atoms with E-state index < -0.39 is 17.7 Å². The van der Waals surface area contributed by atoms with Crippen LogP contribution in [0, 0.1) is 0 Å². The third kappa shape index (κ3) is 3.96. The number of hydrogen-bond donors (Lipinski definition) is 1. The molecule has 1 unspecified atom stereocenters. The van der Waals surface area contributed by atoms with Crippen molar-refractivity contribution in [1.82, 2.24) is 0 Å². The molecule has 6 heteroatoms. The molecule has 4 rings (SSSR count). The smallest absolute Gasteiger partial charge is 0.300 e. The van der Waals surface area contributed by atoms with Crippen molar-refractivity contribution in [1.29, 1.82) is 0 Å². The highest BCUT2D eigenvalue weighted by molar-refractivity contribution is 6.51. The first-order valence-electron chi connectivity index (χ1n) is 10.7. The quantitative estimate of drug-likeness (QED) is 0.333. The van der Waals surface area contributed by atoms with E-state index in [1.54, 1.807) is 42.5 Å². The maximum atomic E-state index is 13.2. The van der Waals surface area contributed by atoms with Crippen molar-refractivity contribution in [3.05, 3.63) is 95.1 Å². The van der Waals surface area contributed by atoms with Gasteiger partial charge in [0.25, 0.3) is 11.7 Å². The molecule has 0 aliphatic carbocycles. The maximum Gasteiger partial charge on any atom is 0.300 e. The number of nitrogens with zero attached hydrogens (tertiary/aromatic N) is 1. The van der Waals surface area contributed by atoms with Crippen LogP contribution in [0.25, 0.3) is 5.76 Å². The second-order valence-electron chi connectivity index (χ2n) is 7.67. The molecule has 1 aliphatic heterocycles. The molecule has 0 spiro atoms. The molecule has 33 heavy (non-hydrogen) atoms. The molecule has 1 fully saturated rings. The lowest BCUT2D eigenvalue weighted by molar-refractivity contribution is -0.132. The molecule has 0 radical (unpaired) electrons. The van der Waals surface area contributed by atoms with Gasteiger partial charge < -0.3 is 14.6 Å². The number of aliphatic hydroxyl groups is 1. The summed E-state index contributed by atoms with van der Waals surface area (Å²) in [7, 11) is 3.01. The van der Waals surface area contributed by atoms with Gasteiger partial charge in [-0.3, -0.25) is 14.5 Å². The van der Waals surface area contributed by atoms with Crippen molar-refractivity contribution in [2.24, 2.45) is 0 Å². The molecule has 0 saturated carbocycles. The van der Waals surface area contributed by atoms with Gasteiger partial charge in [0, 0.05) is 11.3 Å². The predicted octanol–water partition coefficient (Wildman–Crippen LogP) is 4.89. The number of anilines is 1. The fourth-order valence-electron chi connectivity index (χ4n) is 4.08. The highest BCUT2D eigenvalue weighted by atomic mass is 16.5. The van der Waals surface area contributed by atoms with E-state index in [0.29, 0.717) is 22.7 Å². The number of aliphatic hydroxyl groups excluding tert-OH is 1. The molecule has 6 nitrogen and oxygen atoms in total. The SMILES string of the molecule is CCc1ccc(C2/C(=C(/O)c3ccc(OC)c(OC)c3)C(=O)C(=O)N2c2ccccc2)cc1. The Balaban J connectivity index is 1.92. The van der Waals surface area contributed by atoms with E-state index in [1.807, 2.05) is 30.3 Å². The summed E-state index contributed by atoms with van der Waals surface area (Å²) in [4.78, 5) is 27.8. The van der Waals surface area contributed by atoms with E-state index in [0.717, 1.165) is 17.5 Å². The summed E-state index contributed by atoms with van der Waals surface area (Å²) >= 11 is 0. The summed E-state index contributed by atoms with van der Waals surface area (Å²) in [6, 6.07) is 20.8. The van der Waals surface area contributed by atoms with Gasteiger partial charge in [-0.15, -0.1) is 0 Å². The average molecular weight is 443 g/mol. The molecular formula is C27H25NO5. The van der Waals surface area contributed by atoms with Gasteiger partial charge >= 0.3 is 0 Å². The molecule has 3 aromatic rings. The van der Waals surface area contributed by atoms with Crippen LogP contribution in [0.1, 0.15) is 29.7 Å². The number of aryl methyl sites for hydroxylation is 1. The lowest BCUT2D eigenvalue weighted by Crippen LogP contribution is -2.29. The molecular weight excluding hydrogens is 418 g/mol. The Morgan fingerprint density at radius 2 is 1.58 bits per heavy atom. The Labute approximate surface area is 192 Å². The van der Waals surface area contributed by atoms with Crippen LogP contribution in [-0.4, -0.2) is 31.0 Å². The van der Waals surface area contributed by atoms with Crippen molar-refractivity contribution in [2.45, 2.75) is 19.4 Å². The number of carbonyl (C=O) groups excluding carboxylic acids is 2. The van der Waals surface area contributed by atoms with Gasteiger partial charge in [-0.2, -0.15) is 0 Å². The van der Waals surface area contributed by atoms with E-state index in [4.69, 9.17) is 9.47 Å². The predicted molar refractivity (Wildman–Crippen MR) is 127 cm³/mol. The van der Waals surface area contributed by atoms with Crippen LogP contribution in [0.5, 0.6) is 11.5 Å². The summed E-state index contributed by atoms with van der Waals surface area (Å²) in [5.74, 6) is -0.797. The molecule has 1 heterocycles. The Hall–Kier alpha value is -4.06. The minimum Gasteiger partial charge on any atom is -0.507 e. The number of methoxy groups -OCH3 is 2. The van der Waals surface area contributed by atoms with E-state index in [9.17, 15) is 14.7 Å². The summed E-state index contributed by atoms with van der Waals surface area (Å²) in [5, 5.41) is 11.3. The number of para-hydroxylation sites is 1. The number of hydrogen-bond acceptors (Lipinski definition) is 5. The Bertz CT molecular complexity index is 1220. The van der Waals surface area contributed by atoms with E-state index >= 15 is 0 Å². The molecule has 168 valence electrons. The minimum atomic E-state index is -0.772. The minimum absolute atomic E-state index is 0.0281. The third-order valence-corrected chi connectivity index (χ3v) is 5.84. The molecule has 1 saturated heterocycles. The topological polar surface area (TPSA) is 76.1 Å². The zero-order valence-electron chi connectivity index (χ0n) is 18.7. The van der Waals surface area contributed by atoms with Gasteiger partial charge in [0.1, 0.15) is 5.76 Å².